The second-order valence-corrected chi connectivity index (χ2v) is 9.58. The molecule has 0 aliphatic rings. The second-order valence-electron chi connectivity index (χ2n) is 7.29. The van der Waals surface area contributed by atoms with E-state index in [9.17, 15) is 4.79 Å². The maximum absolute atomic E-state index is 12.5. The predicted octanol–water partition coefficient (Wildman–Crippen LogP) is 6.86. The summed E-state index contributed by atoms with van der Waals surface area (Å²) in [5, 5.41) is 7.65. The Labute approximate surface area is 210 Å². The van der Waals surface area contributed by atoms with Crippen molar-refractivity contribution in [2.45, 2.75) is 20.0 Å². The summed E-state index contributed by atoms with van der Waals surface area (Å²) in [6.45, 7) is 3.58. The summed E-state index contributed by atoms with van der Waals surface area (Å²) in [7, 11) is 0. The van der Waals surface area contributed by atoms with Crippen molar-refractivity contribution in [3.8, 4) is 16.3 Å². The van der Waals surface area contributed by atoms with Crippen LogP contribution in [-0.4, -0.2) is 22.1 Å². The first kappa shape index (κ1) is 23.4. The predicted molar refractivity (Wildman–Crippen MR) is 141 cm³/mol. The summed E-state index contributed by atoms with van der Waals surface area (Å²) in [5.74, 6) is -0.0360. The summed E-state index contributed by atoms with van der Waals surface area (Å²) >= 11 is 19.0. The molecule has 0 radical (unpaired) electrons. The van der Waals surface area contributed by atoms with Gasteiger partial charge in [0.2, 0.25) is 0 Å². The van der Waals surface area contributed by atoms with Crippen LogP contribution in [0.4, 0.5) is 5.69 Å². The van der Waals surface area contributed by atoms with Crippen LogP contribution in [0.1, 0.15) is 12.5 Å². The molecule has 0 saturated carbocycles. The Balaban J connectivity index is 1.39. The number of thiazole rings is 1. The van der Waals surface area contributed by atoms with Gasteiger partial charge in [0.05, 0.1) is 15.2 Å². The van der Waals surface area contributed by atoms with Crippen LogP contribution in [0, 0.1) is 6.92 Å². The fraction of sp³-hybridized carbons (Fsp3) is 0.125. The first-order valence-electron chi connectivity index (χ1n) is 10.0. The Morgan fingerprint density at radius 2 is 1.91 bits per heavy atom. The van der Waals surface area contributed by atoms with Gasteiger partial charge in [0.25, 0.3) is 5.91 Å². The SMILES string of the molecule is Cc1cc(-c2nc3ccccc3s2)ccc1NC(=S)NC(=O)C(C)Oc1ccc(Cl)cc1Cl. The average Bonchev–Trinajstić information content (AvgIpc) is 3.21. The number of aromatic nitrogens is 1. The number of ether oxygens (including phenoxy) is 1. The molecule has 5 nitrogen and oxygen atoms in total. The van der Waals surface area contributed by atoms with E-state index in [1.807, 2.05) is 43.3 Å². The van der Waals surface area contributed by atoms with Crippen molar-refractivity contribution < 1.29 is 9.53 Å². The summed E-state index contributed by atoms with van der Waals surface area (Å²) in [5.41, 5.74) is 3.77. The highest BCUT2D eigenvalue weighted by Crippen LogP contribution is 2.32. The quantitative estimate of drug-likeness (QED) is 0.284. The van der Waals surface area contributed by atoms with Crippen molar-refractivity contribution in [1.29, 1.82) is 0 Å². The zero-order valence-corrected chi connectivity index (χ0v) is 20.8. The van der Waals surface area contributed by atoms with E-state index < -0.39 is 12.0 Å². The van der Waals surface area contributed by atoms with Crippen LogP contribution in [0.25, 0.3) is 20.8 Å². The number of para-hydroxylation sites is 1. The summed E-state index contributed by atoms with van der Waals surface area (Å²) < 4.78 is 6.78. The highest BCUT2D eigenvalue weighted by molar-refractivity contribution is 7.80. The number of carbonyl (C=O) groups is 1. The van der Waals surface area contributed by atoms with Crippen molar-refractivity contribution in [2.24, 2.45) is 0 Å². The van der Waals surface area contributed by atoms with Gasteiger partial charge in [-0.05, 0) is 80.2 Å². The topological polar surface area (TPSA) is 63.2 Å². The highest BCUT2D eigenvalue weighted by Gasteiger charge is 2.18. The van der Waals surface area contributed by atoms with Crippen LogP contribution in [0.2, 0.25) is 10.0 Å². The van der Waals surface area contributed by atoms with Crippen LogP contribution in [-0.2, 0) is 4.79 Å². The minimum absolute atomic E-state index is 0.175. The smallest absolute Gasteiger partial charge is 0.266 e. The molecule has 1 unspecified atom stereocenters. The van der Waals surface area contributed by atoms with Crippen molar-refractivity contribution >= 4 is 73.7 Å². The van der Waals surface area contributed by atoms with E-state index in [0.29, 0.717) is 15.8 Å². The van der Waals surface area contributed by atoms with Crippen molar-refractivity contribution in [3.05, 3.63) is 76.3 Å². The molecule has 3 aromatic carbocycles. The normalized spacial score (nSPS) is 11.8. The molecule has 4 rings (SSSR count). The molecule has 0 spiro atoms. The Morgan fingerprint density at radius 3 is 2.64 bits per heavy atom. The zero-order valence-electron chi connectivity index (χ0n) is 17.7. The molecule has 1 heterocycles. The van der Waals surface area contributed by atoms with Crippen molar-refractivity contribution in [2.75, 3.05) is 5.32 Å². The number of hydrogen-bond acceptors (Lipinski definition) is 5. The molecule has 1 aromatic heterocycles. The number of rotatable bonds is 5. The standard InChI is InChI=1S/C24H19Cl2N3O2S2/c1-13-11-15(23-27-19-5-3-4-6-21(19)33-23)7-9-18(13)28-24(32)29-22(30)14(2)31-20-10-8-16(25)12-17(20)26/h3-12,14H,1-2H3,(H2,28,29,30,32). The third-order valence-corrected chi connectivity index (χ3v) is 6.64. The van der Waals surface area contributed by atoms with Gasteiger partial charge >= 0.3 is 0 Å². The molecule has 0 fully saturated rings. The number of nitrogens with zero attached hydrogens (tertiary/aromatic N) is 1. The molecule has 2 N–H and O–H groups in total. The van der Waals surface area contributed by atoms with Gasteiger partial charge in [-0.15, -0.1) is 11.3 Å². The van der Waals surface area contributed by atoms with Gasteiger partial charge in [0, 0.05) is 16.3 Å². The fourth-order valence-electron chi connectivity index (χ4n) is 3.11. The van der Waals surface area contributed by atoms with Gasteiger partial charge in [0.1, 0.15) is 10.8 Å². The summed E-state index contributed by atoms with van der Waals surface area (Å²) in [6, 6.07) is 18.8. The Morgan fingerprint density at radius 1 is 1.12 bits per heavy atom. The van der Waals surface area contributed by atoms with Crippen LogP contribution >= 0.6 is 46.8 Å². The molecule has 0 saturated heterocycles. The third-order valence-electron chi connectivity index (χ3n) is 4.82. The average molecular weight is 516 g/mol. The lowest BCUT2D eigenvalue weighted by atomic mass is 10.1. The lowest BCUT2D eigenvalue weighted by molar-refractivity contribution is -0.125. The van der Waals surface area contributed by atoms with E-state index in [0.717, 1.165) is 32.0 Å². The molecule has 1 atom stereocenters. The molecule has 0 aliphatic carbocycles. The summed E-state index contributed by atoms with van der Waals surface area (Å²) in [6.07, 6.45) is -0.814. The third kappa shape index (κ3) is 5.62. The number of nitrogens with one attached hydrogen (secondary N) is 2. The lowest BCUT2D eigenvalue weighted by Crippen LogP contribution is -2.42. The minimum Gasteiger partial charge on any atom is -0.479 e. The lowest BCUT2D eigenvalue weighted by Gasteiger charge is -2.17. The van der Waals surface area contributed by atoms with E-state index in [1.54, 1.807) is 36.5 Å². The monoisotopic (exact) mass is 515 g/mol. The largest absolute Gasteiger partial charge is 0.479 e. The van der Waals surface area contributed by atoms with Crippen molar-refractivity contribution in [1.82, 2.24) is 10.3 Å². The second kappa shape index (κ2) is 10.1. The molecule has 4 aromatic rings. The summed E-state index contributed by atoms with van der Waals surface area (Å²) in [4.78, 5) is 17.2. The van der Waals surface area contributed by atoms with Crippen molar-refractivity contribution in [3.63, 3.8) is 0 Å². The Kier molecular flexibility index (Phi) is 7.14. The van der Waals surface area contributed by atoms with Crippen LogP contribution < -0.4 is 15.4 Å². The number of carbonyl (C=O) groups excluding carboxylic acids is 1. The van der Waals surface area contributed by atoms with E-state index >= 15 is 0 Å². The van der Waals surface area contributed by atoms with Gasteiger partial charge < -0.3 is 10.1 Å². The number of halogens is 2. The highest BCUT2D eigenvalue weighted by atomic mass is 35.5. The molecule has 168 valence electrons. The van der Waals surface area contributed by atoms with Crippen LogP contribution in [0.5, 0.6) is 5.75 Å². The molecular weight excluding hydrogens is 497 g/mol. The van der Waals surface area contributed by atoms with Gasteiger partial charge in [-0.3, -0.25) is 10.1 Å². The maximum Gasteiger partial charge on any atom is 0.266 e. The molecule has 0 bridgehead atoms. The molecule has 9 heteroatoms. The van der Waals surface area contributed by atoms with Gasteiger partial charge in [-0.25, -0.2) is 4.98 Å². The van der Waals surface area contributed by atoms with Gasteiger partial charge in [0.15, 0.2) is 11.2 Å². The zero-order chi connectivity index (χ0) is 23.5. The number of benzene rings is 3. The molecular formula is C24H19Cl2N3O2S2. The Hall–Kier alpha value is -2.71. The molecule has 1 amide bonds. The number of amides is 1. The van der Waals surface area contributed by atoms with Gasteiger partial charge in [-0.2, -0.15) is 0 Å². The van der Waals surface area contributed by atoms with E-state index in [-0.39, 0.29) is 5.11 Å². The van der Waals surface area contributed by atoms with E-state index in [4.69, 9.17) is 45.1 Å². The fourth-order valence-corrected chi connectivity index (χ4v) is 4.74. The Bertz CT molecular complexity index is 1320. The van der Waals surface area contributed by atoms with Crippen LogP contribution in [0.3, 0.4) is 0 Å². The maximum atomic E-state index is 12.5. The molecule has 33 heavy (non-hydrogen) atoms. The first-order chi connectivity index (χ1) is 15.8. The first-order valence-corrected chi connectivity index (χ1v) is 12.0. The number of anilines is 1. The van der Waals surface area contributed by atoms with Crippen LogP contribution in [0.15, 0.2) is 60.7 Å². The van der Waals surface area contributed by atoms with Gasteiger partial charge in [-0.1, -0.05) is 35.3 Å². The van der Waals surface area contributed by atoms with E-state index in [1.165, 1.54) is 0 Å². The number of fused-ring (bicyclic) bond motifs is 1. The number of aryl methyl sites for hydroxylation is 1. The number of thiocarbonyl (C=S) groups is 1. The minimum atomic E-state index is -0.814. The van der Waals surface area contributed by atoms with E-state index in [2.05, 4.69) is 16.7 Å². The number of hydrogen-bond donors (Lipinski definition) is 2. The molecule has 0 aliphatic heterocycles.